The Morgan fingerprint density at radius 3 is 2.37 bits per heavy atom. The minimum Gasteiger partial charge on any atom is -0.456 e. The molecule has 0 unspecified atom stereocenters. The maximum Gasteiger partial charge on any atom is 0.330 e. The number of aromatic nitrogens is 2. The van der Waals surface area contributed by atoms with Crippen LogP contribution >= 0.6 is 0 Å². The third-order valence-corrected chi connectivity index (χ3v) is 3.87. The molecule has 0 radical (unpaired) electrons. The molecule has 0 aliphatic heterocycles. The maximum atomic E-state index is 12.5. The summed E-state index contributed by atoms with van der Waals surface area (Å²) in [7, 11) is 0. The Bertz CT molecular complexity index is 788. The van der Waals surface area contributed by atoms with Crippen LogP contribution in [0.2, 0.25) is 0 Å². The third kappa shape index (κ3) is 6.26. The number of nitrogen functional groups attached to an aromatic ring is 1. The molecule has 27 heavy (non-hydrogen) atoms. The average molecular weight is 382 g/mol. The number of carbonyl (C=O) groups excluding carboxylic acids is 2. The van der Waals surface area contributed by atoms with Crippen LogP contribution < -0.4 is 21.9 Å². The van der Waals surface area contributed by atoms with Crippen molar-refractivity contribution in [2.45, 2.75) is 60.4 Å². The number of H-pyrrole nitrogens is 1. The lowest BCUT2D eigenvalue weighted by molar-refractivity contribution is -0.149. The van der Waals surface area contributed by atoms with Crippen LogP contribution in [0.15, 0.2) is 9.59 Å². The van der Waals surface area contributed by atoms with Crippen molar-refractivity contribution in [3.8, 4) is 0 Å². The maximum absolute atomic E-state index is 12.5. The fraction of sp³-hybridized carbons (Fsp3) is 0.667. The second-order valence-electron chi connectivity index (χ2n) is 7.53. The number of carbonyl (C=O) groups is 2. The summed E-state index contributed by atoms with van der Waals surface area (Å²) in [4.78, 5) is 51.9. The molecule has 0 fully saturated rings. The first-order chi connectivity index (χ1) is 12.5. The minimum absolute atomic E-state index is 0.0755. The van der Waals surface area contributed by atoms with Gasteiger partial charge in [0.25, 0.3) is 11.5 Å². The van der Waals surface area contributed by atoms with Crippen LogP contribution in [0.1, 0.15) is 53.9 Å². The first-order valence-electron chi connectivity index (χ1n) is 9.10. The van der Waals surface area contributed by atoms with Gasteiger partial charge >= 0.3 is 11.7 Å². The Hall–Kier alpha value is -2.58. The Kier molecular flexibility index (Phi) is 7.81. The SMILES string of the molecule is CCCCn1c(N)c(N(CC)C(=O)COC(=O)CC(C)(C)C)c(=O)[nH]c1=O. The van der Waals surface area contributed by atoms with Crippen LogP contribution in [0.25, 0.3) is 0 Å². The van der Waals surface area contributed by atoms with Crippen molar-refractivity contribution in [2.75, 3.05) is 23.8 Å². The van der Waals surface area contributed by atoms with Crippen molar-refractivity contribution in [1.82, 2.24) is 9.55 Å². The number of ether oxygens (including phenoxy) is 1. The molecule has 3 N–H and O–H groups in total. The predicted octanol–water partition coefficient (Wildman–Crippen LogP) is 1.25. The molecule has 1 aromatic heterocycles. The standard InChI is InChI=1S/C18H30N4O5/c1-6-8-9-22-15(19)14(16(25)20-17(22)26)21(7-2)12(23)11-27-13(24)10-18(3,4)5/h6-11,19H2,1-5H3,(H,20,25,26). The van der Waals surface area contributed by atoms with Gasteiger partial charge < -0.3 is 15.4 Å². The number of rotatable bonds is 8. The summed E-state index contributed by atoms with van der Waals surface area (Å²) in [5.74, 6) is -1.16. The highest BCUT2D eigenvalue weighted by atomic mass is 16.5. The third-order valence-electron chi connectivity index (χ3n) is 3.87. The van der Waals surface area contributed by atoms with Crippen LogP contribution in [0.5, 0.6) is 0 Å². The van der Waals surface area contributed by atoms with Crippen molar-refractivity contribution < 1.29 is 14.3 Å². The molecule has 0 atom stereocenters. The molecule has 1 amide bonds. The molecular formula is C18H30N4O5. The fourth-order valence-corrected chi connectivity index (χ4v) is 2.54. The number of anilines is 2. The van der Waals surface area contributed by atoms with Gasteiger partial charge in [-0.25, -0.2) is 4.79 Å². The smallest absolute Gasteiger partial charge is 0.330 e. The van der Waals surface area contributed by atoms with Gasteiger partial charge in [-0.2, -0.15) is 0 Å². The van der Waals surface area contributed by atoms with E-state index in [4.69, 9.17) is 10.5 Å². The van der Waals surface area contributed by atoms with E-state index >= 15 is 0 Å². The Balaban J connectivity index is 3.07. The van der Waals surface area contributed by atoms with Gasteiger partial charge in [-0.1, -0.05) is 34.1 Å². The van der Waals surface area contributed by atoms with E-state index in [0.29, 0.717) is 13.0 Å². The van der Waals surface area contributed by atoms with Crippen LogP contribution in [-0.2, 0) is 20.9 Å². The number of aromatic amines is 1. The lowest BCUT2D eigenvalue weighted by Crippen LogP contribution is -2.42. The molecule has 9 heteroatoms. The van der Waals surface area contributed by atoms with Gasteiger partial charge in [-0.05, 0) is 18.8 Å². The number of nitrogens with two attached hydrogens (primary N) is 1. The normalized spacial score (nSPS) is 11.3. The van der Waals surface area contributed by atoms with Gasteiger partial charge in [0.2, 0.25) is 0 Å². The largest absolute Gasteiger partial charge is 0.456 e. The van der Waals surface area contributed by atoms with E-state index in [0.717, 1.165) is 11.3 Å². The van der Waals surface area contributed by atoms with Crippen molar-refractivity contribution in [3.05, 3.63) is 20.8 Å². The van der Waals surface area contributed by atoms with E-state index in [1.807, 2.05) is 27.7 Å². The number of nitrogens with one attached hydrogen (secondary N) is 1. The summed E-state index contributed by atoms with van der Waals surface area (Å²) in [5, 5.41) is 0. The first-order valence-corrected chi connectivity index (χ1v) is 9.10. The number of esters is 1. The topological polar surface area (TPSA) is 127 Å². The van der Waals surface area contributed by atoms with Crippen molar-refractivity contribution in [3.63, 3.8) is 0 Å². The van der Waals surface area contributed by atoms with E-state index in [-0.39, 0.29) is 29.9 Å². The van der Waals surface area contributed by atoms with Crippen molar-refractivity contribution in [1.29, 1.82) is 0 Å². The molecular weight excluding hydrogens is 352 g/mol. The second kappa shape index (κ2) is 9.38. The van der Waals surface area contributed by atoms with Gasteiger partial charge in [0.05, 0.1) is 6.42 Å². The molecule has 0 saturated heterocycles. The Morgan fingerprint density at radius 2 is 1.85 bits per heavy atom. The summed E-state index contributed by atoms with van der Waals surface area (Å²) in [6.07, 6.45) is 1.69. The lowest BCUT2D eigenvalue weighted by Gasteiger charge is -2.23. The summed E-state index contributed by atoms with van der Waals surface area (Å²) < 4.78 is 6.27. The molecule has 0 aliphatic rings. The minimum atomic E-state index is -0.749. The summed E-state index contributed by atoms with van der Waals surface area (Å²) in [5.41, 5.74) is 4.29. The number of unbranched alkanes of at least 4 members (excludes halogenated alkanes) is 1. The van der Waals surface area contributed by atoms with Crippen molar-refractivity contribution in [2.24, 2.45) is 5.41 Å². The highest BCUT2D eigenvalue weighted by Crippen LogP contribution is 2.20. The zero-order valence-corrected chi connectivity index (χ0v) is 16.8. The van der Waals surface area contributed by atoms with Gasteiger partial charge in [0.1, 0.15) is 5.82 Å². The molecule has 0 bridgehead atoms. The van der Waals surface area contributed by atoms with Crippen LogP contribution in [0.4, 0.5) is 11.5 Å². The molecule has 0 saturated carbocycles. The quantitative estimate of drug-likeness (QED) is 0.651. The van der Waals surface area contributed by atoms with Crippen molar-refractivity contribution >= 4 is 23.4 Å². The predicted molar refractivity (Wildman–Crippen MR) is 104 cm³/mol. The first kappa shape index (κ1) is 22.5. The molecule has 1 aromatic rings. The molecule has 0 aliphatic carbocycles. The molecule has 9 nitrogen and oxygen atoms in total. The number of hydrogen-bond donors (Lipinski definition) is 2. The highest BCUT2D eigenvalue weighted by molar-refractivity contribution is 5.97. The monoisotopic (exact) mass is 382 g/mol. The van der Waals surface area contributed by atoms with Gasteiger partial charge in [-0.3, -0.25) is 23.9 Å². The Morgan fingerprint density at radius 1 is 1.22 bits per heavy atom. The second-order valence-corrected chi connectivity index (χ2v) is 7.53. The summed E-state index contributed by atoms with van der Waals surface area (Å²) in [6, 6.07) is 0. The van der Waals surface area contributed by atoms with E-state index in [9.17, 15) is 19.2 Å². The van der Waals surface area contributed by atoms with E-state index < -0.39 is 29.7 Å². The zero-order chi connectivity index (χ0) is 20.8. The van der Waals surface area contributed by atoms with Gasteiger partial charge in [0.15, 0.2) is 12.3 Å². The van der Waals surface area contributed by atoms with Gasteiger partial charge in [-0.15, -0.1) is 0 Å². The molecule has 1 heterocycles. The number of nitrogens with zero attached hydrogens (tertiary/aromatic N) is 2. The number of likely N-dealkylation sites (N-methyl/N-ethyl adjacent to an activating group) is 1. The fourth-order valence-electron chi connectivity index (χ4n) is 2.54. The number of amides is 1. The van der Waals surface area contributed by atoms with E-state index in [1.54, 1.807) is 6.92 Å². The lowest BCUT2D eigenvalue weighted by atomic mass is 9.92. The van der Waals surface area contributed by atoms with Crippen LogP contribution in [0, 0.1) is 5.41 Å². The summed E-state index contributed by atoms with van der Waals surface area (Å²) in [6.45, 7) is 9.23. The molecule has 1 rings (SSSR count). The highest BCUT2D eigenvalue weighted by Gasteiger charge is 2.24. The number of hydrogen-bond acceptors (Lipinski definition) is 6. The van der Waals surface area contributed by atoms with E-state index in [2.05, 4.69) is 4.98 Å². The van der Waals surface area contributed by atoms with Crippen LogP contribution in [0.3, 0.4) is 0 Å². The molecule has 152 valence electrons. The molecule has 0 spiro atoms. The summed E-state index contributed by atoms with van der Waals surface area (Å²) >= 11 is 0. The van der Waals surface area contributed by atoms with Crippen LogP contribution in [-0.4, -0.2) is 34.6 Å². The molecule has 0 aromatic carbocycles. The average Bonchev–Trinajstić information content (AvgIpc) is 2.54. The van der Waals surface area contributed by atoms with Gasteiger partial charge in [0, 0.05) is 13.1 Å². The Labute approximate surface area is 158 Å². The van der Waals surface area contributed by atoms with E-state index in [1.165, 1.54) is 4.57 Å². The zero-order valence-electron chi connectivity index (χ0n) is 16.8.